The first-order chi connectivity index (χ1) is 8.74. The SMILES string of the molecule is Cc1ccccc1-c1ccc2c(c1)CCC(=O)C2. The molecule has 0 N–H and O–H groups in total. The van der Waals surface area contributed by atoms with E-state index in [9.17, 15) is 4.79 Å². The van der Waals surface area contributed by atoms with Crippen molar-refractivity contribution in [3.8, 4) is 11.1 Å². The first-order valence-corrected chi connectivity index (χ1v) is 6.43. The largest absolute Gasteiger partial charge is 0.299 e. The molecular weight excluding hydrogens is 220 g/mol. The van der Waals surface area contributed by atoms with Crippen LogP contribution >= 0.6 is 0 Å². The van der Waals surface area contributed by atoms with Crippen LogP contribution in [0.5, 0.6) is 0 Å². The van der Waals surface area contributed by atoms with Gasteiger partial charge in [0.2, 0.25) is 0 Å². The van der Waals surface area contributed by atoms with Gasteiger partial charge < -0.3 is 0 Å². The summed E-state index contributed by atoms with van der Waals surface area (Å²) in [7, 11) is 0. The molecule has 0 fully saturated rings. The van der Waals surface area contributed by atoms with Crippen molar-refractivity contribution in [2.45, 2.75) is 26.2 Å². The highest BCUT2D eigenvalue weighted by Gasteiger charge is 2.16. The molecule has 1 heteroatoms. The maximum atomic E-state index is 11.4. The molecule has 3 rings (SSSR count). The minimum absolute atomic E-state index is 0.367. The molecule has 0 aromatic heterocycles. The molecular formula is C17H16O. The van der Waals surface area contributed by atoms with Crippen LogP contribution in [0.4, 0.5) is 0 Å². The summed E-state index contributed by atoms with van der Waals surface area (Å²) in [5.74, 6) is 0.367. The molecule has 2 aromatic rings. The number of rotatable bonds is 1. The van der Waals surface area contributed by atoms with Gasteiger partial charge in [0.1, 0.15) is 5.78 Å². The predicted octanol–water partition coefficient (Wildman–Crippen LogP) is 3.72. The van der Waals surface area contributed by atoms with E-state index in [2.05, 4.69) is 49.4 Å². The molecule has 0 spiro atoms. The van der Waals surface area contributed by atoms with Crippen LogP contribution in [0.2, 0.25) is 0 Å². The van der Waals surface area contributed by atoms with E-state index in [0.29, 0.717) is 18.6 Å². The molecule has 0 radical (unpaired) electrons. The Morgan fingerprint density at radius 2 is 1.78 bits per heavy atom. The lowest BCUT2D eigenvalue weighted by Crippen LogP contribution is -2.13. The van der Waals surface area contributed by atoms with Crippen LogP contribution in [-0.4, -0.2) is 5.78 Å². The number of carbonyl (C=O) groups excluding carboxylic acids is 1. The third kappa shape index (κ3) is 1.97. The Balaban J connectivity index is 2.05. The summed E-state index contributed by atoms with van der Waals surface area (Å²) < 4.78 is 0. The summed E-state index contributed by atoms with van der Waals surface area (Å²) in [4.78, 5) is 11.4. The average molecular weight is 236 g/mol. The van der Waals surface area contributed by atoms with Crippen molar-refractivity contribution >= 4 is 5.78 Å². The van der Waals surface area contributed by atoms with E-state index in [4.69, 9.17) is 0 Å². The normalized spacial score (nSPS) is 14.4. The van der Waals surface area contributed by atoms with E-state index in [1.54, 1.807) is 0 Å². The highest BCUT2D eigenvalue weighted by molar-refractivity contribution is 5.83. The predicted molar refractivity (Wildman–Crippen MR) is 73.6 cm³/mol. The molecule has 0 heterocycles. The molecule has 2 aromatic carbocycles. The van der Waals surface area contributed by atoms with E-state index >= 15 is 0 Å². The molecule has 0 unspecified atom stereocenters. The molecule has 1 nitrogen and oxygen atoms in total. The smallest absolute Gasteiger partial charge is 0.137 e. The van der Waals surface area contributed by atoms with Crippen LogP contribution in [0, 0.1) is 6.92 Å². The maximum Gasteiger partial charge on any atom is 0.137 e. The van der Waals surface area contributed by atoms with Crippen molar-refractivity contribution in [2.24, 2.45) is 0 Å². The van der Waals surface area contributed by atoms with Gasteiger partial charge in [-0.3, -0.25) is 4.79 Å². The summed E-state index contributed by atoms with van der Waals surface area (Å²) in [6, 6.07) is 14.9. The zero-order valence-electron chi connectivity index (χ0n) is 10.6. The fraction of sp³-hybridized carbons (Fsp3) is 0.235. The summed E-state index contributed by atoms with van der Waals surface area (Å²) in [5.41, 5.74) is 6.40. The number of fused-ring (bicyclic) bond motifs is 1. The summed E-state index contributed by atoms with van der Waals surface area (Å²) in [6.07, 6.45) is 2.21. The molecule has 0 amide bonds. The lowest BCUT2D eigenvalue weighted by molar-refractivity contribution is -0.118. The van der Waals surface area contributed by atoms with Gasteiger partial charge in [0, 0.05) is 12.8 Å². The van der Waals surface area contributed by atoms with Gasteiger partial charge >= 0.3 is 0 Å². The van der Waals surface area contributed by atoms with Crippen LogP contribution in [0.25, 0.3) is 11.1 Å². The molecule has 18 heavy (non-hydrogen) atoms. The summed E-state index contributed by atoms with van der Waals surface area (Å²) >= 11 is 0. The highest BCUT2D eigenvalue weighted by atomic mass is 16.1. The zero-order valence-corrected chi connectivity index (χ0v) is 10.6. The maximum absolute atomic E-state index is 11.4. The Hall–Kier alpha value is -1.89. The van der Waals surface area contributed by atoms with Crippen LogP contribution < -0.4 is 0 Å². The topological polar surface area (TPSA) is 17.1 Å². The van der Waals surface area contributed by atoms with Crippen molar-refractivity contribution in [3.63, 3.8) is 0 Å². The van der Waals surface area contributed by atoms with Crippen LogP contribution in [0.15, 0.2) is 42.5 Å². The molecule has 0 saturated heterocycles. The fourth-order valence-electron chi connectivity index (χ4n) is 2.67. The monoisotopic (exact) mass is 236 g/mol. The summed E-state index contributed by atoms with van der Waals surface area (Å²) in [5, 5.41) is 0. The Morgan fingerprint density at radius 1 is 0.944 bits per heavy atom. The third-order valence-electron chi connectivity index (χ3n) is 3.72. The number of hydrogen-bond donors (Lipinski definition) is 0. The molecule has 1 aliphatic rings. The van der Waals surface area contributed by atoms with Gasteiger partial charge in [-0.05, 0) is 41.2 Å². The average Bonchev–Trinajstić information content (AvgIpc) is 2.39. The Kier molecular flexibility index (Phi) is 2.75. The third-order valence-corrected chi connectivity index (χ3v) is 3.72. The number of hydrogen-bond acceptors (Lipinski definition) is 1. The molecule has 1 aliphatic carbocycles. The zero-order chi connectivity index (χ0) is 12.5. The standard InChI is InChI=1S/C17H16O/c1-12-4-2-3-5-17(12)15-7-6-14-11-16(18)9-8-13(14)10-15/h2-7,10H,8-9,11H2,1H3. The van der Waals surface area contributed by atoms with Gasteiger partial charge in [0.15, 0.2) is 0 Å². The quantitative estimate of drug-likeness (QED) is 0.737. The first kappa shape index (κ1) is 11.2. The molecule has 0 bridgehead atoms. The molecule has 0 saturated carbocycles. The van der Waals surface area contributed by atoms with Crippen LogP contribution in [0.1, 0.15) is 23.1 Å². The van der Waals surface area contributed by atoms with Gasteiger partial charge in [-0.25, -0.2) is 0 Å². The van der Waals surface area contributed by atoms with Crippen molar-refractivity contribution in [1.29, 1.82) is 0 Å². The van der Waals surface area contributed by atoms with Crippen molar-refractivity contribution < 1.29 is 4.79 Å². The van der Waals surface area contributed by atoms with E-state index < -0.39 is 0 Å². The number of aryl methyl sites for hydroxylation is 2. The lowest BCUT2D eigenvalue weighted by Gasteiger charge is -2.16. The van der Waals surface area contributed by atoms with Crippen LogP contribution in [0.3, 0.4) is 0 Å². The molecule has 0 aliphatic heterocycles. The summed E-state index contributed by atoms with van der Waals surface area (Å²) in [6.45, 7) is 2.14. The number of ketones is 1. The van der Waals surface area contributed by atoms with E-state index in [1.165, 1.54) is 27.8 Å². The van der Waals surface area contributed by atoms with Gasteiger partial charge in [-0.1, -0.05) is 42.5 Å². The lowest BCUT2D eigenvalue weighted by atomic mass is 9.88. The van der Waals surface area contributed by atoms with Gasteiger partial charge in [-0.15, -0.1) is 0 Å². The minimum atomic E-state index is 0.367. The van der Waals surface area contributed by atoms with Crippen molar-refractivity contribution in [2.75, 3.05) is 0 Å². The van der Waals surface area contributed by atoms with E-state index in [-0.39, 0.29) is 0 Å². The number of carbonyl (C=O) groups is 1. The van der Waals surface area contributed by atoms with E-state index in [0.717, 1.165) is 6.42 Å². The second kappa shape index (κ2) is 4.41. The van der Waals surface area contributed by atoms with Crippen molar-refractivity contribution in [1.82, 2.24) is 0 Å². The van der Waals surface area contributed by atoms with E-state index in [1.807, 2.05) is 0 Å². The Labute approximate surface area is 107 Å². The number of Topliss-reactive ketones (excluding diaryl/α,β-unsaturated/α-hetero) is 1. The van der Waals surface area contributed by atoms with Gasteiger partial charge in [0.05, 0.1) is 0 Å². The van der Waals surface area contributed by atoms with Gasteiger partial charge in [0.25, 0.3) is 0 Å². The van der Waals surface area contributed by atoms with Crippen LogP contribution in [-0.2, 0) is 17.6 Å². The highest BCUT2D eigenvalue weighted by Crippen LogP contribution is 2.28. The minimum Gasteiger partial charge on any atom is -0.299 e. The second-order valence-corrected chi connectivity index (χ2v) is 5.01. The fourth-order valence-corrected chi connectivity index (χ4v) is 2.67. The van der Waals surface area contributed by atoms with Crippen molar-refractivity contribution in [3.05, 3.63) is 59.2 Å². The second-order valence-electron chi connectivity index (χ2n) is 5.01. The molecule has 90 valence electrons. The Morgan fingerprint density at radius 3 is 2.61 bits per heavy atom. The number of benzene rings is 2. The Bertz CT molecular complexity index is 611. The molecule has 0 atom stereocenters. The first-order valence-electron chi connectivity index (χ1n) is 6.43. The van der Waals surface area contributed by atoms with Gasteiger partial charge in [-0.2, -0.15) is 0 Å².